The Hall–Kier alpha value is -3.21. The van der Waals surface area contributed by atoms with Crippen molar-refractivity contribution in [2.45, 2.75) is 20.4 Å². The first kappa shape index (κ1) is 19.1. The van der Waals surface area contributed by atoms with Crippen molar-refractivity contribution in [1.29, 1.82) is 0 Å². The summed E-state index contributed by atoms with van der Waals surface area (Å²) in [6.07, 6.45) is 3.16. The van der Waals surface area contributed by atoms with E-state index >= 15 is 0 Å². The minimum atomic E-state index is -0.312. The van der Waals surface area contributed by atoms with E-state index in [1.165, 1.54) is 18.3 Å². The van der Waals surface area contributed by atoms with Crippen LogP contribution in [0.2, 0.25) is 0 Å². The minimum Gasteiger partial charge on any atom is -0.508 e. The van der Waals surface area contributed by atoms with Gasteiger partial charge in [-0.15, -0.1) is 0 Å². The summed E-state index contributed by atoms with van der Waals surface area (Å²) in [5.74, 6) is -0.392. The zero-order valence-corrected chi connectivity index (χ0v) is 13.6. The van der Waals surface area contributed by atoms with Gasteiger partial charge < -0.3 is 10.4 Å². The molecule has 0 fully saturated rings. The summed E-state index contributed by atoms with van der Waals surface area (Å²) in [7, 11) is 0. The molecule has 1 unspecified atom stereocenters. The molecule has 0 aliphatic carbocycles. The topological polar surface area (TPSA) is 62.2 Å². The van der Waals surface area contributed by atoms with Crippen molar-refractivity contribution in [1.82, 2.24) is 10.3 Å². The fourth-order valence-corrected chi connectivity index (χ4v) is 2.49. The number of aromatic nitrogens is 1. The molecule has 5 heteroatoms. The van der Waals surface area contributed by atoms with Gasteiger partial charge in [0.2, 0.25) is 0 Å². The highest BCUT2D eigenvalue weighted by Crippen LogP contribution is 2.22. The first-order valence-corrected chi connectivity index (χ1v) is 7.84. The van der Waals surface area contributed by atoms with E-state index < -0.39 is 0 Å². The van der Waals surface area contributed by atoms with Crippen molar-refractivity contribution in [3.8, 4) is 16.9 Å². The van der Waals surface area contributed by atoms with Crippen molar-refractivity contribution in [3.63, 3.8) is 0 Å². The number of phenols is 1. The quantitative estimate of drug-likeness (QED) is 0.714. The van der Waals surface area contributed by atoms with E-state index in [-0.39, 0.29) is 30.9 Å². The number of halogens is 1. The molecule has 2 aromatic carbocycles. The molecular formula is C21H21FN2O2. The lowest BCUT2D eigenvalue weighted by molar-refractivity contribution is 0.0939. The van der Waals surface area contributed by atoms with Gasteiger partial charge in [0.05, 0.1) is 11.6 Å². The van der Waals surface area contributed by atoms with Gasteiger partial charge in [-0.3, -0.25) is 9.78 Å². The molecule has 26 heavy (non-hydrogen) atoms. The third-order valence-electron chi connectivity index (χ3n) is 3.92. The average Bonchev–Trinajstić information content (AvgIpc) is 2.63. The van der Waals surface area contributed by atoms with Crippen molar-refractivity contribution < 1.29 is 14.3 Å². The molecule has 3 aromatic rings. The first-order valence-electron chi connectivity index (χ1n) is 7.84. The lowest BCUT2D eigenvalue weighted by atomic mass is 10.0. The molecule has 0 aliphatic heterocycles. The Morgan fingerprint density at radius 2 is 1.69 bits per heavy atom. The highest BCUT2D eigenvalue weighted by molar-refractivity contribution is 5.95. The number of aromatic hydroxyl groups is 1. The lowest BCUT2D eigenvalue weighted by Gasteiger charge is -2.14. The van der Waals surface area contributed by atoms with E-state index in [0.717, 1.165) is 16.7 Å². The van der Waals surface area contributed by atoms with Crippen LogP contribution in [0.5, 0.6) is 5.75 Å². The van der Waals surface area contributed by atoms with E-state index in [4.69, 9.17) is 0 Å². The van der Waals surface area contributed by atoms with Gasteiger partial charge in [-0.05, 0) is 48.4 Å². The largest absolute Gasteiger partial charge is 0.508 e. The molecule has 3 rings (SSSR count). The van der Waals surface area contributed by atoms with Gasteiger partial charge in [-0.1, -0.05) is 31.7 Å². The molecular weight excluding hydrogens is 331 g/mol. The van der Waals surface area contributed by atoms with Gasteiger partial charge in [-0.25, -0.2) is 4.39 Å². The second-order valence-electron chi connectivity index (χ2n) is 5.76. The number of carbonyl (C=O) groups is 1. The zero-order chi connectivity index (χ0) is 17.8. The number of hydrogen-bond donors (Lipinski definition) is 2. The van der Waals surface area contributed by atoms with E-state index in [2.05, 4.69) is 10.3 Å². The molecule has 0 radical (unpaired) electrons. The number of benzene rings is 2. The van der Waals surface area contributed by atoms with Crippen LogP contribution >= 0.6 is 0 Å². The standard InChI is InChI=1S/C20H17FN2O2.CH4/c1-13(14-2-6-18(21)7-3-14)23-20(25)17-10-16(11-22-12-17)15-4-8-19(24)9-5-15;/h2-13,24H,1H3,(H,23,25);1H4. The fraction of sp³-hybridized carbons (Fsp3) is 0.143. The predicted octanol–water partition coefficient (Wildman–Crippen LogP) is 4.72. The Balaban J connectivity index is 0.00000243. The van der Waals surface area contributed by atoms with Crippen molar-refractivity contribution >= 4 is 5.91 Å². The summed E-state index contributed by atoms with van der Waals surface area (Å²) in [6, 6.07) is 14.2. The predicted molar refractivity (Wildman–Crippen MR) is 100 cm³/mol. The summed E-state index contributed by atoms with van der Waals surface area (Å²) in [4.78, 5) is 16.6. The van der Waals surface area contributed by atoms with Gasteiger partial charge in [0.1, 0.15) is 11.6 Å². The Bertz CT molecular complexity index is 877. The molecule has 4 nitrogen and oxygen atoms in total. The molecule has 1 aromatic heterocycles. The van der Waals surface area contributed by atoms with Crippen molar-refractivity contribution in [2.24, 2.45) is 0 Å². The summed E-state index contributed by atoms with van der Waals surface area (Å²) in [5.41, 5.74) is 2.88. The van der Waals surface area contributed by atoms with Gasteiger partial charge >= 0.3 is 0 Å². The SMILES string of the molecule is C.CC(NC(=O)c1cncc(-c2ccc(O)cc2)c1)c1ccc(F)cc1. The maximum atomic E-state index is 13.0. The van der Waals surface area contributed by atoms with Crippen molar-refractivity contribution in [2.75, 3.05) is 0 Å². The van der Waals surface area contributed by atoms with E-state index in [1.807, 2.05) is 6.92 Å². The lowest BCUT2D eigenvalue weighted by Crippen LogP contribution is -2.26. The number of amides is 1. The van der Waals surface area contributed by atoms with Crippen LogP contribution in [-0.4, -0.2) is 16.0 Å². The van der Waals surface area contributed by atoms with Crippen LogP contribution < -0.4 is 5.32 Å². The van der Waals surface area contributed by atoms with Gasteiger partial charge in [0, 0.05) is 18.0 Å². The third kappa shape index (κ3) is 4.45. The molecule has 2 N–H and O–H groups in total. The number of phenolic OH excluding ortho intramolecular Hbond substituents is 1. The average molecular weight is 352 g/mol. The Morgan fingerprint density at radius 3 is 2.35 bits per heavy atom. The van der Waals surface area contributed by atoms with E-state index in [9.17, 15) is 14.3 Å². The summed E-state index contributed by atoms with van der Waals surface area (Å²) < 4.78 is 13.0. The second kappa shape index (κ2) is 8.25. The number of pyridine rings is 1. The number of nitrogens with one attached hydrogen (secondary N) is 1. The van der Waals surface area contributed by atoms with Crippen LogP contribution in [0.1, 0.15) is 36.3 Å². The number of nitrogens with zero attached hydrogens (tertiary/aromatic N) is 1. The van der Waals surface area contributed by atoms with E-state index in [1.54, 1.807) is 48.7 Å². The Labute approximate surface area is 152 Å². The van der Waals surface area contributed by atoms with Crippen LogP contribution in [0.4, 0.5) is 4.39 Å². The van der Waals surface area contributed by atoms with Crippen LogP contribution in [0, 0.1) is 5.82 Å². The normalized spacial score (nSPS) is 11.3. The van der Waals surface area contributed by atoms with E-state index in [0.29, 0.717) is 5.56 Å². The molecule has 134 valence electrons. The molecule has 0 aliphatic rings. The minimum absolute atomic E-state index is 0. The Morgan fingerprint density at radius 1 is 1.04 bits per heavy atom. The highest BCUT2D eigenvalue weighted by Gasteiger charge is 2.13. The molecule has 0 spiro atoms. The molecule has 0 bridgehead atoms. The highest BCUT2D eigenvalue weighted by atomic mass is 19.1. The van der Waals surface area contributed by atoms with Crippen LogP contribution in [0.25, 0.3) is 11.1 Å². The summed E-state index contributed by atoms with van der Waals surface area (Å²) in [6.45, 7) is 1.84. The smallest absolute Gasteiger partial charge is 0.253 e. The molecule has 1 heterocycles. The van der Waals surface area contributed by atoms with Crippen LogP contribution in [-0.2, 0) is 0 Å². The second-order valence-corrected chi connectivity index (χ2v) is 5.76. The van der Waals surface area contributed by atoms with Crippen LogP contribution in [0.15, 0.2) is 67.0 Å². The van der Waals surface area contributed by atoms with Crippen molar-refractivity contribution in [3.05, 3.63) is 83.9 Å². The maximum Gasteiger partial charge on any atom is 0.253 e. The fourth-order valence-electron chi connectivity index (χ4n) is 2.49. The first-order chi connectivity index (χ1) is 12.0. The number of rotatable bonds is 4. The van der Waals surface area contributed by atoms with Crippen LogP contribution in [0.3, 0.4) is 0 Å². The third-order valence-corrected chi connectivity index (χ3v) is 3.92. The maximum absolute atomic E-state index is 13.0. The van der Waals surface area contributed by atoms with Gasteiger partial charge in [-0.2, -0.15) is 0 Å². The number of carbonyl (C=O) groups excluding carboxylic acids is 1. The Kier molecular flexibility index (Phi) is 6.07. The van der Waals surface area contributed by atoms with Gasteiger partial charge in [0.15, 0.2) is 0 Å². The zero-order valence-electron chi connectivity index (χ0n) is 13.6. The van der Waals surface area contributed by atoms with Gasteiger partial charge in [0.25, 0.3) is 5.91 Å². The molecule has 0 saturated heterocycles. The molecule has 1 atom stereocenters. The summed E-state index contributed by atoms with van der Waals surface area (Å²) in [5, 5.41) is 12.2. The molecule has 0 saturated carbocycles. The monoisotopic (exact) mass is 352 g/mol. The summed E-state index contributed by atoms with van der Waals surface area (Å²) >= 11 is 0. The number of hydrogen-bond acceptors (Lipinski definition) is 3. The molecule has 1 amide bonds.